The Bertz CT molecular complexity index is 1100. The maximum absolute atomic E-state index is 13.4. The number of aliphatic hydroxyl groups excluding tert-OH is 1. The van der Waals surface area contributed by atoms with E-state index in [-0.39, 0.29) is 17.1 Å². The minimum absolute atomic E-state index is 0.184. The van der Waals surface area contributed by atoms with E-state index < -0.39 is 18.0 Å². The highest BCUT2D eigenvalue weighted by atomic mass is 19.1. The maximum atomic E-state index is 13.4. The molecule has 154 valence electrons. The Labute approximate surface area is 172 Å². The molecule has 1 fully saturated rings. The van der Waals surface area contributed by atoms with E-state index in [9.17, 15) is 14.0 Å². The maximum Gasteiger partial charge on any atom is 0.251 e. The van der Waals surface area contributed by atoms with Gasteiger partial charge in [-0.25, -0.2) is 4.39 Å². The van der Waals surface area contributed by atoms with Gasteiger partial charge in [0, 0.05) is 25.1 Å². The number of nitrogens with zero attached hydrogens (tertiary/aromatic N) is 2. The molecule has 1 atom stereocenters. The lowest BCUT2D eigenvalue weighted by Crippen LogP contribution is -2.30. The standard InChI is InChI=1S/C23H21FN2O4/c24-19-5-3-17(4-6-19)23(9-1-11-30-23)18-8-10-26(22(29)12-18)14-16-2-7-20(25-13-16)21(28)15-27/h2-8,10,12-13,27H,1,9,11,14-15H2. The molecule has 0 radical (unpaired) electrons. The summed E-state index contributed by atoms with van der Waals surface area (Å²) in [5, 5.41) is 8.90. The van der Waals surface area contributed by atoms with Gasteiger partial charge in [-0.3, -0.25) is 14.6 Å². The quantitative estimate of drug-likeness (QED) is 0.635. The van der Waals surface area contributed by atoms with Crippen molar-refractivity contribution in [1.82, 2.24) is 9.55 Å². The molecule has 3 heterocycles. The molecule has 1 saturated heterocycles. The molecule has 3 aromatic rings. The average Bonchev–Trinajstić information content (AvgIpc) is 3.27. The first kappa shape index (κ1) is 20.1. The molecule has 1 aliphatic heterocycles. The lowest BCUT2D eigenvalue weighted by Gasteiger charge is -2.29. The molecule has 6 nitrogen and oxygen atoms in total. The van der Waals surface area contributed by atoms with E-state index in [1.165, 1.54) is 24.4 Å². The normalized spacial score (nSPS) is 18.5. The van der Waals surface area contributed by atoms with Crippen LogP contribution in [0.1, 0.15) is 40.0 Å². The molecule has 0 saturated carbocycles. The van der Waals surface area contributed by atoms with E-state index in [0.717, 1.165) is 23.1 Å². The van der Waals surface area contributed by atoms with Crippen LogP contribution in [0.5, 0.6) is 0 Å². The molecule has 0 amide bonds. The Morgan fingerprint density at radius 1 is 1.17 bits per heavy atom. The van der Waals surface area contributed by atoms with E-state index in [1.807, 2.05) is 6.07 Å². The highest BCUT2D eigenvalue weighted by Gasteiger charge is 2.39. The SMILES string of the molecule is O=C(CO)c1ccc(Cn2ccc(C3(c4ccc(F)cc4)CCCO3)cc2=O)cn1. The van der Waals surface area contributed by atoms with Crippen LogP contribution in [0.25, 0.3) is 0 Å². The predicted octanol–water partition coefficient (Wildman–Crippen LogP) is 2.66. The summed E-state index contributed by atoms with van der Waals surface area (Å²) >= 11 is 0. The van der Waals surface area contributed by atoms with Crippen molar-refractivity contribution in [2.45, 2.75) is 25.0 Å². The number of Topliss-reactive ketones (excluding diaryl/α,β-unsaturated/α-hetero) is 1. The van der Waals surface area contributed by atoms with Crippen molar-refractivity contribution in [3.8, 4) is 0 Å². The van der Waals surface area contributed by atoms with E-state index in [4.69, 9.17) is 9.84 Å². The van der Waals surface area contributed by atoms with Crippen molar-refractivity contribution in [3.63, 3.8) is 0 Å². The van der Waals surface area contributed by atoms with Crippen molar-refractivity contribution >= 4 is 5.78 Å². The molecule has 0 bridgehead atoms. The van der Waals surface area contributed by atoms with Crippen LogP contribution in [0.15, 0.2) is 65.7 Å². The zero-order valence-corrected chi connectivity index (χ0v) is 16.3. The highest BCUT2D eigenvalue weighted by molar-refractivity contribution is 5.95. The molecule has 1 aromatic carbocycles. The summed E-state index contributed by atoms with van der Waals surface area (Å²) in [5.41, 5.74) is 1.56. The summed E-state index contributed by atoms with van der Waals surface area (Å²) in [4.78, 5) is 28.3. The van der Waals surface area contributed by atoms with Crippen molar-refractivity contribution in [1.29, 1.82) is 0 Å². The number of carbonyl (C=O) groups is 1. The fourth-order valence-electron chi connectivity index (χ4n) is 3.83. The van der Waals surface area contributed by atoms with Crippen molar-refractivity contribution in [2.24, 2.45) is 0 Å². The molecule has 1 unspecified atom stereocenters. The number of ether oxygens (including phenoxy) is 1. The molecule has 30 heavy (non-hydrogen) atoms. The number of aromatic nitrogens is 2. The molecule has 1 aliphatic rings. The zero-order chi connectivity index (χ0) is 21.1. The van der Waals surface area contributed by atoms with E-state index in [1.54, 1.807) is 35.0 Å². The van der Waals surface area contributed by atoms with Gasteiger partial charge in [0.25, 0.3) is 5.56 Å². The third kappa shape index (κ3) is 3.81. The Hall–Kier alpha value is -3.16. The smallest absolute Gasteiger partial charge is 0.251 e. The molecular formula is C23H21FN2O4. The summed E-state index contributed by atoms with van der Waals surface area (Å²) < 4.78 is 21.0. The fraction of sp³-hybridized carbons (Fsp3) is 0.261. The predicted molar refractivity (Wildman–Crippen MR) is 108 cm³/mol. The first-order valence-electron chi connectivity index (χ1n) is 9.72. The Kier molecular flexibility index (Phi) is 5.57. The first-order chi connectivity index (χ1) is 14.5. The van der Waals surface area contributed by atoms with Crippen molar-refractivity contribution in [3.05, 3.63) is 99.5 Å². The number of ketones is 1. The highest BCUT2D eigenvalue weighted by Crippen LogP contribution is 2.41. The second-order valence-corrected chi connectivity index (χ2v) is 7.30. The summed E-state index contributed by atoms with van der Waals surface area (Å²) in [6.07, 6.45) is 4.79. The topological polar surface area (TPSA) is 81.4 Å². The van der Waals surface area contributed by atoms with E-state index >= 15 is 0 Å². The van der Waals surface area contributed by atoms with Crippen LogP contribution in [0.4, 0.5) is 4.39 Å². The second-order valence-electron chi connectivity index (χ2n) is 7.30. The summed E-state index contributed by atoms with van der Waals surface area (Å²) in [6, 6.07) is 12.9. The number of halogens is 1. The van der Waals surface area contributed by atoms with Gasteiger partial charge in [-0.15, -0.1) is 0 Å². The minimum atomic E-state index is -0.750. The minimum Gasteiger partial charge on any atom is -0.388 e. The largest absolute Gasteiger partial charge is 0.388 e. The summed E-state index contributed by atoms with van der Waals surface area (Å²) in [7, 11) is 0. The average molecular weight is 408 g/mol. The van der Waals surface area contributed by atoms with Gasteiger partial charge in [0.1, 0.15) is 23.7 Å². The molecule has 7 heteroatoms. The molecule has 0 aliphatic carbocycles. The molecular weight excluding hydrogens is 387 g/mol. The second kappa shape index (κ2) is 8.30. The third-order valence-corrected chi connectivity index (χ3v) is 5.40. The lowest BCUT2D eigenvalue weighted by atomic mass is 9.84. The molecule has 2 aromatic heterocycles. The number of benzene rings is 1. The van der Waals surface area contributed by atoms with Gasteiger partial charge in [0.05, 0.1) is 6.54 Å². The first-order valence-corrected chi connectivity index (χ1v) is 9.72. The molecule has 0 spiro atoms. The fourth-order valence-corrected chi connectivity index (χ4v) is 3.83. The van der Waals surface area contributed by atoms with Gasteiger partial charge in [0.15, 0.2) is 0 Å². The number of hydrogen-bond acceptors (Lipinski definition) is 5. The van der Waals surface area contributed by atoms with Crippen LogP contribution >= 0.6 is 0 Å². The Balaban J connectivity index is 1.61. The van der Waals surface area contributed by atoms with Gasteiger partial charge >= 0.3 is 0 Å². The van der Waals surface area contributed by atoms with Crippen molar-refractivity contribution in [2.75, 3.05) is 13.2 Å². The van der Waals surface area contributed by atoms with Crippen LogP contribution in [0.2, 0.25) is 0 Å². The zero-order valence-electron chi connectivity index (χ0n) is 16.3. The number of aliphatic hydroxyl groups is 1. The van der Waals surface area contributed by atoms with Crippen LogP contribution in [-0.4, -0.2) is 33.7 Å². The van der Waals surface area contributed by atoms with Crippen LogP contribution in [0, 0.1) is 5.82 Å². The Morgan fingerprint density at radius 3 is 2.57 bits per heavy atom. The van der Waals surface area contributed by atoms with Gasteiger partial charge < -0.3 is 14.4 Å². The number of carbonyl (C=O) groups excluding carboxylic acids is 1. The Morgan fingerprint density at radius 2 is 1.97 bits per heavy atom. The van der Waals surface area contributed by atoms with Crippen LogP contribution < -0.4 is 5.56 Å². The number of rotatable bonds is 6. The van der Waals surface area contributed by atoms with Gasteiger partial charge in [-0.1, -0.05) is 18.2 Å². The van der Waals surface area contributed by atoms with Crippen LogP contribution in [-0.2, 0) is 16.9 Å². The monoisotopic (exact) mass is 408 g/mol. The van der Waals surface area contributed by atoms with Crippen LogP contribution in [0.3, 0.4) is 0 Å². The van der Waals surface area contributed by atoms with Gasteiger partial charge in [-0.2, -0.15) is 0 Å². The number of hydrogen-bond donors (Lipinski definition) is 1. The molecule has 4 rings (SSSR count). The summed E-state index contributed by atoms with van der Waals surface area (Å²) in [5.74, 6) is -0.770. The van der Waals surface area contributed by atoms with Gasteiger partial charge in [-0.05, 0) is 53.8 Å². The molecule has 1 N–H and O–H groups in total. The van der Waals surface area contributed by atoms with Crippen molar-refractivity contribution < 1.29 is 19.0 Å². The number of pyridine rings is 2. The summed E-state index contributed by atoms with van der Waals surface area (Å²) in [6.45, 7) is 0.278. The van der Waals surface area contributed by atoms with Gasteiger partial charge in [0.2, 0.25) is 5.78 Å². The van der Waals surface area contributed by atoms with E-state index in [2.05, 4.69) is 4.98 Å². The third-order valence-electron chi connectivity index (χ3n) is 5.40. The van der Waals surface area contributed by atoms with E-state index in [0.29, 0.717) is 19.6 Å². The lowest BCUT2D eigenvalue weighted by molar-refractivity contribution is 0.0357.